The SMILES string of the molecule is CCN(Cc1ccc2c(c1)nc(Cc1nc(C)oc1C)n2CC)C(=O)Oc1ccc(C)cc1. The van der Waals surface area contributed by atoms with Crippen LogP contribution < -0.4 is 4.74 Å². The van der Waals surface area contributed by atoms with Gasteiger partial charge in [-0.15, -0.1) is 0 Å². The minimum absolute atomic E-state index is 0.363. The van der Waals surface area contributed by atoms with Crippen molar-refractivity contribution in [1.82, 2.24) is 19.4 Å². The highest BCUT2D eigenvalue weighted by atomic mass is 16.6. The molecule has 4 rings (SSSR count). The van der Waals surface area contributed by atoms with Gasteiger partial charge in [-0.1, -0.05) is 23.8 Å². The van der Waals surface area contributed by atoms with Gasteiger partial charge < -0.3 is 18.6 Å². The predicted octanol–water partition coefficient (Wildman–Crippen LogP) is 5.58. The average Bonchev–Trinajstić information content (AvgIpc) is 3.30. The Balaban J connectivity index is 1.54. The number of nitrogens with zero attached hydrogens (tertiary/aromatic N) is 4. The fourth-order valence-electron chi connectivity index (χ4n) is 3.99. The molecule has 0 saturated carbocycles. The van der Waals surface area contributed by atoms with Crippen LogP contribution in [0.25, 0.3) is 11.0 Å². The summed E-state index contributed by atoms with van der Waals surface area (Å²) in [5.41, 5.74) is 5.01. The average molecular weight is 447 g/mol. The summed E-state index contributed by atoms with van der Waals surface area (Å²) < 4.78 is 13.3. The number of imidazole rings is 1. The van der Waals surface area contributed by atoms with E-state index < -0.39 is 0 Å². The zero-order valence-electron chi connectivity index (χ0n) is 19.9. The topological polar surface area (TPSA) is 73.4 Å². The first-order chi connectivity index (χ1) is 15.9. The number of ether oxygens (including phenoxy) is 1. The monoisotopic (exact) mass is 446 g/mol. The van der Waals surface area contributed by atoms with Gasteiger partial charge in [0.15, 0.2) is 5.89 Å². The van der Waals surface area contributed by atoms with Crippen LogP contribution in [0.2, 0.25) is 0 Å². The van der Waals surface area contributed by atoms with Gasteiger partial charge in [0, 0.05) is 26.6 Å². The van der Waals surface area contributed by atoms with E-state index in [1.807, 2.05) is 64.1 Å². The van der Waals surface area contributed by atoms with E-state index in [0.717, 1.165) is 46.0 Å². The summed E-state index contributed by atoms with van der Waals surface area (Å²) >= 11 is 0. The predicted molar refractivity (Wildman–Crippen MR) is 127 cm³/mol. The van der Waals surface area contributed by atoms with Gasteiger partial charge in [0.05, 0.1) is 23.1 Å². The summed E-state index contributed by atoms with van der Waals surface area (Å²) in [6.07, 6.45) is 0.253. The second kappa shape index (κ2) is 9.48. The lowest BCUT2D eigenvalue weighted by atomic mass is 10.2. The number of hydrogen-bond acceptors (Lipinski definition) is 5. The van der Waals surface area contributed by atoms with Gasteiger partial charge in [-0.05, 0) is 57.5 Å². The highest BCUT2D eigenvalue weighted by Gasteiger charge is 2.18. The van der Waals surface area contributed by atoms with Crippen LogP contribution in [0.4, 0.5) is 4.79 Å². The van der Waals surface area contributed by atoms with Crippen LogP contribution >= 0.6 is 0 Å². The summed E-state index contributed by atoms with van der Waals surface area (Å²) in [5.74, 6) is 2.99. The molecule has 0 fully saturated rings. The number of benzene rings is 2. The minimum atomic E-state index is -0.363. The summed E-state index contributed by atoms with van der Waals surface area (Å²) in [6, 6.07) is 13.6. The Morgan fingerprint density at radius 3 is 2.45 bits per heavy atom. The van der Waals surface area contributed by atoms with Gasteiger partial charge >= 0.3 is 6.09 Å². The number of carbonyl (C=O) groups is 1. The molecular formula is C26H30N4O3. The molecule has 172 valence electrons. The van der Waals surface area contributed by atoms with Crippen LogP contribution in [-0.2, 0) is 19.5 Å². The van der Waals surface area contributed by atoms with Gasteiger partial charge in [0.1, 0.15) is 17.3 Å². The minimum Gasteiger partial charge on any atom is -0.446 e. The van der Waals surface area contributed by atoms with Gasteiger partial charge in [-0.3, -0.25) is 0 Å². The largest absolute Gasteiger partial charge is 0.446 e. The third-order valence-electron chi connectivity index (χ3n) is 5.77. The van der Waals surface area contributed by atoms with E-state index in [0.29, 0.717) is 31.2 Å². The van der Waals surface area contributed by atoms with Crippen LogP contribution in [0.15, 0.2) is 46.9 Å². The van der Waals surface area contributed by atoms with Crippen LogP contribution in [0.3, 0.4) is 0 Å². The Labute approximate surface area is 194 Å². The van der Waals surface area contributed by atoms with Crippen molar-refractivity contribution in [2.75, 3.05) is 6.54 Å². The van der Waals surface area contributed by atoms with E-state index in [1.165, 1.54) is 0 Å². The van der Waals surface area contributed by atoms with Crippen LogP contribution in [0.5, 0.6) is 5.75 Å². The summed E-state index contributed by atoms with van der Waals surface area (Å²) in [4.78, 5) is 23.8. The lowest BCUT2D eigenvalue weighted by Crippen LogP contribution is -2.32. The number of hydrogen-bond donors (Lipinski definition) is 0. The first-order valence-corrected chi connectivity index (χ1v) is 11.3. The molecule has 4 aromatic rings. The number of amides is 1. The van der Waals surface area contributed by atoms with Crippen molar-refractivity contribution in [2.24, 2.45) is 0 Å². The Hall–Kier alpha value is -3.61. The van der Waals surface area contributed by atoms with Crippen molar-refractivity contribution >= 4 is 17.1 Å². The van der Waals surface area contributed by atoms with Crippen molar-refractivity contribution in [3.63, 3.8) is 0 Å². The molecule has 7 nitrogen and oxygen atoms in total. The van der Waals surface area contributed by atoms with Crippen molar-refractivity contribution in [2.45, 2.75) is 54.1 Å². The van der Waals surface area contributed by atoms with E-state index in [-0.39, 0.29) is 6.09 Å². The van der Waals surface area contributed by atoms with Crippen molar-refractivity contribution in [3.05, 3.63) is 76.8 Å². The zero-order chi connectivity index (χ0) is 23.5. The molecule has 2 aromatic carbocycles. The molecule has 0 bridgehead atoms. The molecule has 2 aromatic heterocycles. The Bertz CT molecular complexity index is 1270. The Morgan fingerprint density at radius 2 is 1.82 bits per heavy atom. The molecule has 0 aliphatic rings. The molecule has 0 spiro atoms. The van der Waals surface area contributed by atoms with Crippen LogP contribution in [-0.4, -0.2) is 32.1 Å². The molecule has 33 heavy (non-hydrogen) atoms. The zero-order valence-corrected chi connectivity index (χ0v) is 19.9. The van der Waals surface area contributed by atoms with Gasteiger partial charge in [0.25, 0.3) is 0 Å². The maximum atomic E-state index is 12.7. The highest BCUT2D eigenvalue weighted by Crippen LogP contribution is 2.22. The second-order valence-electron chi connectivity index (χ2n) is 8.20. The van der Waals surface area contributed by atoms with Crippen LogP contribution in [0.1, 0.15) is 48.1 Å². The summed E-state index contributed by atoms with van der Waals surface area (Å²) in [5, 5.41) is 0. The molecule has 0 atom stereocenters. The standard InChI is InChI=1S/C26H30N4O3/c1-6-29(26(31)33-21-11-8-17(3)9-12-21)16-20-10-13-24-23(14-20)28-25(30(24)7-2)15-22-18(4)32-19(5)27-22/h8-14H,6-7,15-16H2,1-5H3. The fourth-order valence-corrected chi connectivity index (χ4v) is 3.99. The van der Waals surface area contributed by atoms with E-state index in [9.17, 15) is 4.79 Å². The van der Waals surface area contributed by atoms with E-state index in [1.54, 1.807) is 4.90 Å². The van der Waals surface area contributed by atoms with Crippen molar-refractivity contribution in [1.29, 1.82) is 0 Å². The number of aromatic nitrogens is 3. The van der Waals surface area contributed by atoms with E-state index >= 15 is 0 Å². The highest BCUT2D eigenvalue weighted by molar-refractivity contribution is 5.77. The number of oxazole rings is 1. The normalized spacial score (nSPS) is 11.2. The second-order valence-corrected chi connectivity index (χ2v) is 8.20. The first-order valence-electron chi connectivity index (χ1n) is 11.3. The molecule has 0 N–H and O–H groups in total. The van der Waals surface area contributed by atoms with Gasteiger partial charge in [-0.25, -0.2) is 14.8 Å². The van der Waals surface area contributed by atoms with Gasteiger partial charge in [-0.2, -0.15) is 0 Å². The van der Waals surface area contributed by atoms with Crippen molar-refractivity contribution in [3.8, 4) is 5.75 Å². The van der Waals surface area contributed by atoms with Crippen molar-refractivity contribution < 1.29 is 13.9 Å². The maximum absolute atomic E-state index is 12.7. The maximum Gasteiger partial charge on any atom is 0.415 e. The number of aryl methyl sites for hydroxylation is 4. The third-order valence-corrected chi connectivity index (χ3v) is 5.77. The molecule has 0 saturated heterocycles. The molecule has 7 heteroatoms. The number of fused-ring (bicyclic) bond motifs is 1. The summed E-state index contributed by atoms with van der Waals surface area (Å²) in [7, 11) is 0. The fraction of sp³-hybridized carbons (Fsp3) is 0.346. The molecule has 0 unspecified atom stereocenters. The molecule has 0 radical (unpaired) electrons. The molecule has 2 heterocycles. The first kappa shape index (κ1) is 22.6. The Kier molecular flexibility index (Phi) is 6.49. The summed E-state index contributed by atoms with van der Waals surface area (Å²) in [6.45, 7) is 11.6. The lowest BCUT2D eigenvalue weighted by molar-refractivity contribution is 0.152. The number of carbonyl (C=O) groups excluding carboxylic acids is 1. The third kappa shape index (κ3) is 4.92. The number of rotatable bonds is 7. The lowest BCUT2D eigenvalue weighted by Gasteiger charge is -2.20. The quantitative estimate of drug-likeness (QED) is 0.370. The smallest absolute Gasteiger partial charge is 0.415 e. The van der Waals surface area contributed by atoms with E-state index in [4.69, 9.17) is 14.1 Å². The molecule has 1 amide bonds. The van der Waals surface area contributed by atoms with Crippen LogP contribution in [0, 0.1) is 20.8 Å². The van der Waals surface area contributed by atoms with Gasteiger partial charge in [0.2, 0.25) is 0 Å². The van der Waals surface area contributed by atoms with E-state index in [2.05, 4.69) is 22.5 Å². The molecular weight excluding hydrogens is 416 g/mol. The molecule has 0 aliphatic heterocycles. The molecule has 0 aliphatic carbocycles. The Morgan fingerprint density at radius 1 is 1.06 bits per heavy atom.